The number of hydrogen-bond donors (Lipinski definition) is 1. The van der Waals surface area contributed by atoms with Crippen LogP contribution in [0.25, 0.3) is 6.08 Å². The topological polar surface area (TPSA) is 35.2 Å². The maximum Gasteiger partial charge on any atom is 0.416 e. The molecule has 0 saturated heterocycles. The van der Waals surface area contributed by atoms with Crippen LogP contribution in [0.1, 0.15) is 11.1 Å². The molecular formula is C11H12F3NO. The van der Waals surface area contributed by atoms with E-state index < -0.39 is 11.7 Å². The van der Waals surface area contributed by atoms with Crippen molar-refractivity contribution in [2.24, 2.45) is 5.73 Å². The Bertz CT molecular complexity index is 385. The molecule has 0 atom stereocenters. The van der Waals surface area contributed by atoms with Crippen LogP contribution < -0.4 is 10.5 Å². The van der Waals surface area contributed by atoms with Crippen LogP contribution in [0.4, 0.5) is 13.2 Å². The molecule has 2 nitrogen and oxygen atoms in total. The van der Waals surface area contributed by atoms with Crippen LogP contribution in [0.2, 0.25) is 0 Å². The molecule has 0 aromatic heterocycles. The van der Waals surface area contributed by atoms with Gasteiger partial charge in [-0.3, -0.25) is 0 Å². The Morgan fingerprint density at radius 3 is 2.56 bits per heavy atom. The Balaban J connectivity index is 3.12. The molecule has 0 aliphatic rings. The van der Waals surface area contributed by atoms with E-state index in [1.165, 1.54) is 13.2 Å². The van der Waals surface area contributed by atoms with Crippen LogP contribution in [-0.2, 0) is 6.18 Å². The van der Waals surface area contributed by atoms with Gasteiger partial charge in [0.1, 0.15) is 5.75 Å². The van der Waals surface area contributed by atoms with Gasteiger partial charge in [0, 0.05) is 12.1 Å². The molecule has 0 aliphatic carbocycles. The predicted octanol–water partition coefficient (Wildman–Crippen LogP) is 2.69. The van der Waals surface area contributed by atoms with Gasteiger partial charge in [0.05, 0.1) is 12.7 Å². The third kappa shape index (κ3) is 3.00. The van der Waals surface area contributed by atoms with Gasteiger partial charge in [0.15, 0.2) is 0 Å². The summed E-state index contributed by atoms with van der Waals surface area (Å²) in [4.78, 5) is 0. The third-order valence-corrected chi connectivity index (χ3v) is 1.99. The van der Waals surface area contributed by atoms with Gasteiger partial charge in [-0.15, -0.1) is 0 Å². The van der Waals surface area contributed by atoms with Gasteiger partial charge in [-0.25, -0.2) is 0 Å². The number of hydrogen-bond acceptors (Lipinski definition) is 2. The second kappa shape index (κ2) is 5.03. The summed E-state index contributed by atoms with van der Waals surface area (Å²) in [6, 6.07) is 3.34. The standard InChI is InChI=1S/C11H12F3NO/c1-16-10-7-9(11(12,13)14)5-4-8(10)3-2-6-15/h2-5,7H,6,15H2,1H3/b3-2+. The number of halogens is 3. The lowest BCUT2D eigenvalue weighted by molar-refractivity contribution is -0.137. The summed E-state index contributed by atoms with van der Waals surface area (Å²) >= 11 is 0. The van der Waals surface area contributed by atoms with Crippen molar-refractivity contribution in [3.63, 3.8) is 0 Å². The minimum absolute atomic E-state index is 0.180. The Labute approximate surface area is 91.5 Å². The van der Waals surface area contributed by atoms with Crippen molar-refractivity contribution in [3.8, 4) is 5.75 Å². The van der Waals surface area contributed by atoms with Gasteiger partial charge >= 0.3 is 6.18 Å². The number of nitrogens with two attached hydrogens (primary N) is 1. The lowest BCUT2D eigenvalue weighted by Gasteiger charge is -2.10. The third-order valence-electron chi connectivity index (χ3n) is 1.99. The molecule has 1 rings (SSSR count). The highest BCUT2D eigenvalue weighted by Gasteiger charge is 2.31. The molecule has 2 N–H and O–H groups in total. The molecule has 88 valence electrons. The zero-order valence-electron chi connectivity index (χ0n) is 8.71. The molecule has 0 amide bonds. The minimum Gasteiger partial charge on any atom is -0.496 e. The normalized spacial score (nSPS) is 12.1. The summed E-state index contributed by atoms with van der Waals surface area (Å²) in [5.41, 5.74) is 5.10. The van der Waals surface area contributed by atoms with E-state index in [2.05, 4.69) is 0 Å². The lowest BCUT2D eigenvalue weighted by atomic mass is 10.1. The molecule has 1 aromatic rings. The molecule has 0 fully saturated rings. The highest BCUT2D eigenvalue weighted by molar-refractivity contribution is 5.58. The first-order chi connectivity index (χ1) is 7.49. The molecule has 5 heteroatoms. The van der Waals surface area contributed by atoms with Gasteiger partial charge in [-0.1, -0.05) is 18.2 Å². The number of methoxy groups -OCH3 is 1. The second-order valence-corrected chi connectivity index (χ2v) is 3.09. The fraction of sp³-hybridized carbons (Fsp3) is 0.273. The first kappa shape index (κ1) is 12.6. The Kier molecular flexibility index (Phi) is 3.95. The van der Waals surface area contributed by atoms with Gasteiger partial charge in [0.2, 0.25) is 0 Å². The van der Waals surface area contributed by atoms with Crippen molar-refractivity contribution < 1.29 is 17.9 Å². The highest BCUT2D eigenvalue weighted by atomic mass is 19.4. The van der Waals surface area contributed by atoms with Gasteiger partial charge in [-0.2, -0.15) is 13.2 Å². The quantitative estimate of drug-likeness (QED) is 0.868. The van der Waals surface area contributed by atoms with E-state index in [0.717, 1.165) is 12.1 Å². The summed E-state index contributed by atoms with van der Waals surface area (Å²) in [6.45, 7) is 0.324. The summed E-state index contributed by atoms with van der Waals surface area (Å²) in [5.74, 6) is 0.180. The van der Waals surface area contributed by atoms with Gasteiger partial charge in [-0.05, 0) is 12.1 Å². The summed E-state index contributed by atoms with van der Waals surface area (Å²) in [5, 5.41) is 0. The van der Waals surface area contributed by atoms with E-state index in [9.17, 15) is 13.2 Å². The van der Waals surface area contributed by atoms with Crippen LogP contribution in [0.3, 0.4) is 0 Å². The van der Waals surface area contributed by atoms with Gasteiger partial charge in [0.25, 0.3) is 0 Å². The average molecular weight is 231 g/mol. The zero-order valence-corrected chi connectivity index (χ0v) is 8.71. The van der Waals surface area contributed by atoms with Gasteiger partial charge < -0.3 is 10.5 Å². The molecule has 0 radical (unpaired) electrons. The van der Waals surface area contributed by atoms with Crippen molar-refractivity contribution >= 4 is 6.08 Å². The molecule has 0 unspecified atom stereocenters. The Morgan fingerprint density at radius 1 is 1.38 bits per heavy atom. The highest BCUT2D eigenvalue weighted by Crippen LogP contribution is 2.33. The Hall–Kier alpha value is -1.49. The van der Waals surface area contributed by atoms with E-state index in [-0.39, 0.29) is 5.75 Å². The number of benzene rings is 1. The van der Waals surface area contributed by atoms with Crippen LogP contribution >= 0.6 is 0 Å². The number of ether oxygens (including phenoxy) is 1. The first-order valence-corrected chi connectivity index (χ1v) is 4.61. The molecule has 0 bridgehead atoms. The summed E-state index contributed by atoms with van der Waals surface area (Å²) < 4.78 is 42.1. The maximum absolute atomic E-state index is 12.4. The van der Waals surface area contributed by atoms with Crippen LogP contribution in [-0.4, -0.2) is 13.7 Å². The van der Waals surface area contributed by atoms with E-state index in [4.69, 9.17) is 10.5 Å². The van der Waals surface area contributed by atoms with Crippen molar-refractivity contribution in [2.45, 2.75) is 6.18 Å². The lowest BCUT2D eigenvalue weighted by Crippen LogP contribution is -2.05. The van der Waals surface area contributed by atoms with E-state index in [1.807, 2.05) is 0 Å². The second-order valence-electron chi connectivity index (χ2n) is 3.09. The molecule has 1 aromatic carbocycles. The smallest absolute Gasteiger partial charge is 0.416 e. The maximum atomic E-state index is 12.4. The fourth-order valence-corrected chi connectivity index (χ4v) is 1.22. The molecule has 0 saturated carbocycles. The molecule has 0 heterocycles. The van der Waals surface area contributed by atoms with E-state index >= 15 is 0 Å². The molecule has 0 aliphatic heterocycles. The van der Waals surface area contributed by atoms with E-state index in [0.29, 0.717) is 12.1 Å². The van der Waals surface area contributed by atoms with Crippen molar-refractivity contribution in [3.05, 3.63) is 35.4 Å². The molecular weight excluding hydrogens is 219 g/mol. The summed E-state index contributed by atoms with van der Waals surface area (Å²) in [7, 11) is 1.33. The van der Waals surface area contributed by atoms with Crippen LogP contribution in [0, 0.1) is 0 Å². The SMILES string of the molecule is COc1cc(C(F)(F)F)ccc1/C=C/CN. The monoisotopic (exact) mass is 231 g/mol. The first-order valence-electron chi connectivity index (χ1n) is 4.61. The van der Waals surface area contributed by atoms with Crippen molar-refractivity contribution in [1.29, 1.82) is 0 Å². The number of rotatable bonds is 3. The molecule has 0 spiro atoms. The van der Waals surface area contributed by atoms with Crippen LogP contribution in [0.5, 0.6) is 5.75 Å². The van der Waals surface area contributed by atoms with Crippen molar-refractivity contribution in [1.82, 2.24) is 0 Å². The fourth-order valence-electron chi connectivity index (χ4n) is 1.22. The summed E-state index contributed by atoms with van der Waals surface area (Å²) in [6.07, 6.45) is -1.09. The average Bonchev–Trinajstić information content (AvgIpc) is 2.24. The Morgan fingerprint density at radius 2 is 2.06 bits per heavy atom. The zero-order chi connectivity index (χ0) is 12.2. The largest absolute Gasteiger partial charge is 0.496 e. The van der Waals surface area contributed by atoms with Crippen LogP contribution in [0.15, 0.2) is 24.3 Å². The minimum atomic E-state index is -4.36. The molecule has 16 heavy (non-hydrogen) atoms. The van der Waals surface area contributed by atoms with Crippen molar-refractivity contribution in [2.75, 3.05) is 13.7 Å². The number of alkyl halides is 3. The predicted molar refractivity (Wildman–Crippen MR) is 56.1 cm³/mol. The van der Waals surface area contributed by atoms with E-state index in [1.54, 1.807) is 12.2 Å².